The molecule has 158 valence electrons. The van der Waals surface area contributed by atoms with Gasteiger partial charge in [0.1, 0.15) is 11.3 Å². The smallest absolute Gasteiger partial charge is 0.339 e. The zero-order chi connectivity index (χ0) is 21.2. The first-order chi connectivity index (χ1) is 15.2. The molecule has 0 saturated carbocycles. The number of hydrogen-bond donors (Lipinski definition) is 2. The first-order valence-electron chi connectivity index (χ1n) is 10.7. The molecule has 5 rings (SSSR count). The highest BCUT2D eigenvalue weighted by molar-refractivity contribution is 5.84. The lowest BCUT2D eigenvalue weighted by Gasteiger charge is -2.16. The van der Waals surface area contributed by atoms with Gasteiger partial charge in [0.2, 0.25) is 0 Å². The molecular weight excluding hydrogens is 392 g/mol. The summed E-state index contributed by atoms with van der Waals surface area (Å²) in [5, 5.41) is 5.03. The fourth-order valence-electron chi connectivity index (χ4n) is 4.39. The molecular formula is C25H24N2O4. The van der Waals surface area contributed by atoms with Crippen molar-refractivity contribution < 1.29 is 13.9 Å². The van der Waals surface area contributed by atoms with Crippen LogP contribution >= 0.6 is 0 Å². The standard InChI is InChI=1S/C25H24N2O4/c28-24(26-12-11-16-14-27-22-8-4-3-5-18(16)22)15-30-17-9-10-20-19-6-1-2-7-21(19)25(29)31-23(20)13-17/h3-5,8-10,13-14,27H,1-2,6-7,11-12,15H2,(H,26,28). The largest absolute Gasteiger partial charge is 0.484 e. The number of aromatic amines is 1. The van der Waals surface area contributed by atoms with Crippen LogP contribution in [0.25, 0.3) is 21.9 Å². The van der Waals surface area contributed by atoms with Crippen LogP contribution in [0.3, 0.4) is 0 Å². The fourth-order valence-corrected chi connectivity index (χ4v) is 4.39. The van der Waals surface area contributed by atoms with Gasteiger partial charge in [-0.15, -0.1) is 0 Å². The maximum atomic E-state index is 12.3. The molecule has 2 N–H and O–H groups in total. The number of H-pyrrole nitrogens is 1. The van der Waals surface area contributed by atoms with Crippen molar-refractivity contribution in [2.24, 2.45) is 0 Å². The van der Waals surface area contributed by atoms with E-state index >= 15 is 0 Å². The Kier molecular flexibility index (Phi) is 5.20. The summed E-state index contributed by atoms with van der Waals surface area (Å²) < 4.78 is 11.1. The monoisotopic (exact) mass is 416 g/mol. The number of carbonyl (C=O) groups is 1. The van der Waals surface area contributed by atoms with Gasteiger partial charge in [0.05, 0.1) is 0 Å². The minimum absolute atomic E-state index is 0.0887. The molecule has 0 fully saturated rings. The third-order valence-electron chi connectivity index (χ3n) is 5.96. The van der Waals surface area contributed by atoms with Gasteiger partial charge in [-0.2, -0.15) is 0 Å². The Bertz CT molecular complexity index is 1320. The molecule has 4 aromatic rings. The van der Waals surface area contributed by atoms with Crippen molar-refractivity contribution in [3.8, 4) is 5.75 Å². The number of para-hydroxylation sites is 1. The highest BCUT2D eigenvalue weighted by atomic mass is 16.5. The van der Waals surface area contributed by atoms with E-state index in [0.717, 1.165) is 54.1 Å². The molecule has 1 aliphatic carbocycles. The van der Waals surface area contributed by atoms with Gasteiger partial charge in [-0.05, 0) is 61.4 Å². The van der Waals surface area contributed by atoms with Crippen molar-refractivity contribution in [2.75, 3.05) is 13.2 Å². The minimum atomic E-state index is -0.255. The number of aromatic nitrogens is 1. The zero-order valence-electron chi connectivity index (χ0n) is 17.2. The summed E-state index contributed by atoms with van der Waals surface area (Å²) in [5.41, 5.74) is 4.43. The molecule has 2 heterocycles. The fraction of sp³-hybridized carbons (Fsp3) is 0.280. The average molecular weight is 416 g/mol. The Hall–Kier alpha value is -3.54. The second-order valence-corrected chi connectivity index (χ2v) is 7.96. The predicted molar refractivity (Wildman–Crippen MR) is 120 cm³/mol. The van der Waals surface area contributed by atoms with E-state index in [4.69, 9.17) is 9.15 Å². The SMILES string of the molecule is O=C(COc1ccc2c3c(c(=O)oc2c1)CCCC3)NCCc1c[nH]c2ccccc12. The number of fused-ring (bicyclic) bond motifs is 4. The maximum absolute atomic E-state index is 12.3. The van der Waals surface area contributed by atoms with Gasteiger partial charge in [0.25, 0.3) is 5.91 Å². The average Bonchev–Trinajstić information content (AvgIpc) is 3.21. The van der Waals surface area contributed by atoms with Crippen molar-refractivity contribution in [1.29, 1.82) is 0 Å². The van der Waals surface area contributed by atoms with Crippen LogP contribution in [0.1, 0.15) is 29.5 Å². The summed E-state index contributed by atoms with van der Waals surface area (Å²) in [6, 6.07) is 13.6. The van der Waals surface area contributed by atoms with Crippen LogP contribution in [0.15, 0.2) is 57.9 Å². The highest BCUT2D eigenvalue weighted by Crippen LogP contribution is 2.29. The van der Waals surface area contributed by atoms with Crippen LogP contribution in [0, 0.1) is 0 Å². The molecule has 1 amide bonds. The van der Waals surface area contributed by atoms with Crippen LogP contribution < -0.4 is 15.7 Å². The Morgan fingerprint density at radius 3 is 2.81 bits per heavy atom. The minimum Gasteiger partial charge on any atom is -0.484 e. The second-order valence-electron chi connectivity index (χ2n) is 7.96. The number of ether oxygens (including phenoxy) is 1. The molecule has 6 nitrogen and oxygen atoms in total. The molecule has 1 aliphatic rings. The lowest BCUT2D eigenvalue weighted by Crippen LogP contribution is -2.30. The summed E-state index contributed by atoms with van der Waals surface area (Å²) in [6.45, 7) is 0.442. The molecule has 0 unspecified atom stereocenters. The highest BCUT2D eigenvalue weighted by Gasteiger charge is 2.18. The van der Waals surface area contributed by atoms with Crippen molar-refractivity contribution in [2.45, 2.75) is 32.1 Å². The summed E-state index contributed by atoms with van der Waals surface area (Å²) in [5.74, 6) is 0.324. The van der Waals surface area contributed by atoms with Gasteiger partial charge in [0.15, 0.2) is 6.61 Å². The molecule has 6 heteroatoms. The van der Waals surface area contributed by atoms with E-state index in [1.165, 1.54) is 10.9 Å². The quantitative estimate of drug-likeness (QED) is 0.467. The first-order valence-corrected chi connectivity index (χ1v) is 10.7. The summed E-state index contributed by atoms with van der Waals surface area (Å²) in [4.78, 5) is 27.7. The topological polar surface area (TPSA) is 84.3 Å². The molecule has 2 aromatic carbocycles. The van der Waals surface area contributed by atoms with E-state index in [0.29, 0.717) is 17.9 Å². The first kappa shape index (κ1) is 19.4. The second kappa shape index (κ2) is 8.30. The lowest BCUT2D eigenvalue weighted by molar-refractivity contribution is -0.123. The van der Waals surface area contributed by atoms with Gasteiger partial charge in [-0.1, -0.05) is 18.2 Å². The Balaban J connectivity index is 1.19. The van der Waals surface area contributed by atoms with Gasteiger partial charge in [-0.3, -0.25) is 4.79 Å². The van der Waals surface area contributed by atoms with Crippen LogP contribution in [-0.2, 0) is 24.1 Å². The molecule has 0 bridgehead atoms. The summed E-state index contributed by atoms with van der Waals surface area (Å²) >= 11 is 0. The zero-order valence-corrected chi connectivity index (χ0v) is 17.2. The van der Waals surface area contributed by atoms with Gasteiger partial charge >= 0.3 is 5.63 Å². The van der Waals surface area contributed by atoms with E-state index in [-0.39, 0.29) is 18.1 Å². The van der Waals surface area contributed by atoms with Crippen LogP contribution in [0.4, 0.5) is 0 Å². The summed E-state index contributed by atoms with van der Waals surface area (Å²) in [6.07, 6.45) is 6.51. The van der Waals surface area contributed by atoms with Gasteiger partial charge < -0.3 is 19.5 Å². The van der Waals surface area contributed by atoms with Crippen molar-refractivity contribution in [1.82, 2.24) is 10.3 Å². The lowest BCUT2D eigenvalue weighted by atomic mass is 9.91. The van der Waals surface area contributed by atoms with Crippen molar-refractivity contribution >= 4 is 27.8 Å². The number of amides is 1. The van der Waals surface area contributed by atoms with Crippen molar-refractivity contribution in [3.63, 3.8) is 0 Å². The van der Waals surface area contributed by atoms with E-state index < -0.39 is 0 Å². The van der Waals surface area contributed by atoms with Crippen LogP contribution in [0.5, 0.6) is 5.75 Å². The van der Waals surface area contributed by atoms with E-state index in [1.807, 2.05) is 36.5 Å². The summed E-state index contributed by atoms with van der Waals surface area (Å²) in [7, 11) is 0. The number of aryl methyl sites for hydroxylation is 1. The molecule has 0 radical (unpaired) electrons. The maximum Gasteiger partial charge on any atom is 0.339 e. The Morgan fingerprint density at radius 1 is 1.06 bits per heavy atom. The Labute approximate surface area is 179 Å². The number of hydrogen-bond acceptors (Lipinski definition) is 4. The van der Waals surface area contributed by atoms with E-state index in [9.17, 15) is 9.59 Å². The van der Waals surface area contributed by atoms with Gasteiger partial charge in [0, 0.05) is 40.7 Å². The van der Waals surface area contributed by atoms with E-state index in [2.05, 4.69) is 16.4 Å². The third-order valence-corrected chi connectivity index (χ3v) is 5.96. The molecule has 31 heavy (non-hydrogen) atoms. The molecule has 0 atom stereocenters. The molecule has 0 aliphatic heterocycles. The Morgan fingerprint density at radius 2 is 1.90 bits per heavy atom. The van der Waals surface area contributed by atoms with Gasteiger partial charge in [-0.25, -0.2) is 4.79 Å². The van der Waals surface area contributed by atoms with Crippen LogP contribution in [0.2, 0.25) is 0 Å². The molecule has 0 spiro atoms. The predicted octanol–water partition coefficient (Wildman–Crippen LogP) is 3.89. The molecule has 0 saturated heterocycles. The normalized spacial score (nSPS) is 13.3. The molecule has 2 aromatic heterocycles. The number of carbonyl (C=O) groups excluding carboxylic acids is 1. The van der Waals surface area contributed by atoms with E-state index in [1.54, 1.807) is 6.07 Å². The number of nitrogens with one attached hydrogen (secondary N) is 2. The number of benzene rings is 2. The van der Waals surface area contributed by atoms with Crippen LogP contribution in [-0.4, -0.2) is 24.0 Å². The van der Waals surface area contributed by atoms with Crippen molar-refractivity contribution in [3.05, 3.63) is 75.8 Å². The third kappa shape index (κ3) is 3.93. The number of rotatable bonds is 6.